The molecule has 0 aromatic rings. The Balaban J connectivity index is 4.33. The van der Waals surface area contributed by atoms with E-state index in [-0.39, 0.29) is 0 Å². The van der Waals surface area contributed by atoms with Crippen LogP contribution in [0.4, 0.5) is 0 Å². The molecule has 0 bridgehead atoms. The Kier molecular flexibility index (Phi) is 6.25. The summed E-state index contributed by atoms with van der Waals surface area (Å²) >= 11 is 0. The second-order valence-corrected chi connectivity index (χ2v) is 7.99. The highest BCUT2D eigenvalue weighted by atomic mass is 14.4. The van der Waals surface area contributed by atoms with Crippen molar-refractivity contribution in [2.24, 2.45) is 28.6 Å². The molecule has 0 spiro atoms. The summed E-state index contributed by atoms with van der Waals surface area (Å²) < 4.78 is 0. The lowest BCUT2D eigenvalue weighted by Crippen LogP contribution is -2.31. The Hall–Kier alpha value is 0. The summed E-state index contributed by atoms with van der Waals surface area (Å²) in [4.78, 5) is 0. The van der Waals surface area contributed by atoms with Gasteiger partial charge in [0.15, 0.2) is 0 Å². The lowest BCUT2D eigenvalue weighted by Gasteiger charge is -2.39. The van der Waals surface area contributed by atoms with E-state index < -0.39 is 0 Å². The van der Waals surface area contributed by atoms with Crippen molar-refractivity contribution in [3.63, 3.8) is 0 Å². The molecule has 103 valence electrons. The van der Waals surface area contributed by atoms with Crippen molar-refractivity contribution in [2.45, 2.75) is 75.2 Å². The molecule has 0 aliphatic rings. The maximum Gasteiger partial charge on any atom is -0.0248 e. The van der Waals surface area contributed by atoms with Crippen molar-refractivity contribution in [3.05, 3.63) is 6.42 Å². The highest BCUT2D eigenvalue weighted by Crippen LogP contribution is 2.40. The van der Waals surface area contributed by atoms with Crippen molar-refractivity contribution in [1.29, 1.82) is 0 Å². The summed E-state index contributed by atoms with van der Waals surface area (Å²) in [6.07, 6.45) is 5.17. The smallest absolute Gasteiger partial charge is 0.0248 e. The minimum Gasteiger partial charge on any atom is -0.0625 e. The zero-order valence-corrected chi connectivity index (χ0v) is 13.7. The summed E-state index contributed by atoms with van der Waals surface area (Å²) in [5, 5.41) is 0. The Morgan fingerprint density at radius 3 is 1.53 bits per heavy atom. The van der Waals surface area contributed by atoms with E-state index in [1.54, 1.807) is 0 Å². The van der Waals surface area contributed by atoms with Gasteiger partial charge < -0.3 is 0 Å². The van der Waals surface area contributed by atoms with E-state index in [1.165, 1.54) is 12.8 Å². The highest BCUT2D eigenvalue weighted by molar-refractivity contribution is 4.94. The molecule has 1 atom stereocenters. The summed E-state index contributed by atoms with van der Waals surface area (Å²) in [6, 6.07) is 0. The van der Waals surface area contributed by atoms with Crippen molar-refractivity contribution < 1.29 is 0 Å². The molecule has 0 rings (SSSR count). The van der Waals surface area contributed by atoms with Crippen LogP contribution in [0.2, 0.25) is 0 Å². The van der Waals surface area contributed by atoms with Crippen molar-refractivity contribution in [3.8, 4) is 0 Å². The average Bonchev–Trinajstić information content (AvgIpc) is 2.10. The molecule has 0 fully saturated rings. The molecule has 1 unspecified atom stereocenters. The third-order valence-electron chi connectivity index (χ3n) is 4.41. The molecule has 0 saturated carbocycles. The van der Waals surface area contributed by atoms with Gasteiger partial charge in [-0.25, -0.2) is 0 Å². The van der Waals surface area contributed by atoms with Gasteiger partial charge in [-0.05, 0) is 47.8 Å². The van der Waals surface area contributed by atoms with Gasteiger partial charge in [0.25, 0.3) is 0 Å². The molecular formula is C17H35. The normalized spacial score (nSPS) is 15.7. The van der Waals surface area contributed by atoms with E-state index in [4.69, 9.17) is 0 Å². The van der Waals surface area contributed by atoms with Crippen molar-refractivity contribution >= 4 is 0 Å². The quantitative estimate of drug-likeness (QED) is 0.535. The van der Waals surface area contributed by atoms with Crippen LogP contribution >= 0.6 is 0 Å². The van der Waals surface area contributed by atoms with E-state index in [1.807, 2.05) is 0 Å². The molecule has 0 amide bonds. The van der Waals surface area contributed by atoms with Crippen LogP contribution in [0, 0.1) is 35.0 Å². The third-order valence-corrected chi connectivity index (χ3v) is 4.41. The van der Waals surface area contributed by atoms with E-state index in [0.29, 0.717) is 10.8 Å². The molecular weight excluding hydrogens is 204 g/mol. The average molecular weight is 239 g/mol. The summed E-state index contributed by atoms with van der Waals surface area (Å²) in [6.45, 7) is 21.2. The Morgan fingerprint density at radius 2 is 1.24 bits per heavy atom. The lowest BCUT2D eigenvalue weighted by molar-refractivity contribution is 0.167. The third kappa shape index (κ3) is 5.93. The minimum absolute atomic E-state index is 0.381. The van der Waals surface area contributed by atoms with Crippen LogP contribution in [-0.4, -0.2) is 0 Å². The zero-order valence-electron chi connectivity index (χ0n) is 13.7. The Morgan fingerprint density at radius 1 is 0.824 bits per heavy atom. The molecule has 0 heterocycles. The topological polar surface area (TPSA) is 0 Å². The van der Waals surface area contributed by atoms with Crippen LogP contribution in [0.3, 0.4) is 0 Å². The fourth-order valence-corrected chi connectivity index (χ4v) is 2.72. The SMILES string of the molecule is CC(C[CH]C(C)(C(C)C)C(C)C)CC(C)(C)C. The molecule has 0 aliphatic carbocycles. The Bertz CT molecular complexity index is 197. The molecule has 0 aromatic carbocycles. The van der Waals surface area contributed by atoms with Gasteiger partial charge in [-0.2, -0.15) is 0 Å². The van der Waals surface area contributed by atoms with Crippen molar-refractivity contribution in [1.82, 2.24) is 0 Å². The van der Waals surface area contributed by atoms with Crippen LogP contribution in [-0.2, 0) is 0 Å². The van der Waals surface area contributed by atoms with Gasteiger partial charge in [-0.15, -0.1) is 0 Å². The van der Waals surface area contributed by atoms with Crippen LogP contribution in [0.25, 0.3) is 0 Å². The number of rotatable bonds is 6. The first-order chi connectivity index (χ1) is 7.49. The van der Waals surface area contributed by atoms with Crippen LogP contribution < -0.4 is 0 Å². The van der Waals surface area contributed by atoms with Gasteiger partial charge in [0, 0.05) is 0 Å². The monoisotopic (exact) mass is 239 g/mol. The van der Waals surface area contributed by atoms with Gasteiger partial charge in [-0.1, -0.05) is 62.3 Å². The first kappa shape index (κ1) is 17.0. The maximum absolute atomic E-state index is 2.60. The van der Waals surface area contributed by atoms with E-state index in [9.17, 15) is 0 Å². The molecule has 0 nitrogen and oxygen atoms in total. The summed E-state index contributed by atoms with van der Waals surface area (Å²) in [5.41, 5.74) is 0.839. The van der Waals surface area contributed by atoms with E-state index >= 15 is 0 Å². The Labute approximate surface area is 111 Å². The van der Waals surface area contributed by atoms with Crippen LogP contribution in [0.15, 0.2) is 0 Å². The first-order valence-electron chi connectivity index (χ1n) is 7.33. The fraction of sp³-hybridized carbons (Fsp3) is 0.941. The predicted octanol–water partition coefficient (Wildman–Crippen LogP) is 5.97. The van der Waals surface area contributed by atoms with E-state index in [0.717, 1.165) is 17.8 Å². The van der Waals surface area contributed by atoms with Crippen molar-refractivity contribution in [2.75, 3.05) is 0 Å². The lowest BCUT2D eigenvalue weighted by atomic mass is 9.66. The van der Waals surface area contributed by atoms with Gasteiger partial charge in [0.1, 0.15) is 0 Å². The van der Waals surface area contributed by atoms with Gasteiger partial charge in [0.2, 0.25) is 0 Å². The molecule has 0 aliphatic heterocycles. The number of hydrogen-bond donors (Lipinski definition) is 0. The highest BCUT2D eigenvalue weighted by Gasteiger charge is 2.32. The largest absolute Gasteiger partial charge is 0.0625 e. The summed E-state index contributed by atoms with van der Waals surface area (Å²) in [7, 11) is 0. The molecule has 0 saturated heterocycles. The van der Waals surface area contributed by atoms with Gasteiger partial charge in [-0.3, -0.25) is 0 Å². The van der Waals surface area contributed by atoms with E-state index in [2.05, 4.69) is 68.7 Å². The van der Waals surface area contributed by atoms with Gasteiger partial charge >= 0.3 is 0 Å². The number of hydrogen-bond acceptors (Lipinski definition) is 0. The molecule has 0 aromatic heterocycles. The fourth-order valence-electron chi connectivity index (χ4n) is 2.72. The van der Waals surface area contributed by atoms with Gasteiger partial charge in [0.05, 0.1) is 0 Å². The van der Waals surface area contributed by atoms with Crippen LogP contribution in [0.5, 0.6) is 0 Å². The second-order valence-electron chi connectivity index (χ2n) is 7.99. The van der Waals surface area contributed by atoms with Crippen LogP contribution in [0.1, 0.15) is 75.2 Å². The minimum atomic E-state index is 0.381. The molecule has 0 N–H and O–H groups in total. The first-order valence-corrected chi connectivity index (χ1v) is 7.33. The standard InChI is InChI=1S/C17H35/c1-13(2)17(9,14(3)4)11-10-15(5)12-16(6,7)8/h11,13-15H,10,12H2,1-9H3. The second kappa shape index (κ2) is 6.25. The maximum atomic E-state index is 2.60. The zero-order chi connectivity index (χ0) is 13.9. The molecule has 17 heavy (non-hydrogen) atoms. The predicted molar refractivity (Wildman–Crippen MR) is 79.9 cm³/mol. The molecule has 1 radical (unpaired) electrons. The molecule has 0 heteroatoms. The summed E-state index contributed by atoms with van der Waals surface area (Å²) in [5.74, 6) is 2.25.